The van der Waals surface area contributed by atoms with Crippen LogP contribution in [0.2, 0.25) is 0 Å². The van der Waals surface area contributed by atoms with Crippen molar-refractivity contribution in [1.29, 1.82) is 0 Å². The summed E-state index contributed by atoms with van der Waals surface area (Å²) in [5.41, 5.74) is 0.951. The lowest BCUT2D eigenvalue weighted by atomic mass is 9.81. The minimum atomic E-state index is -1.91. The van der Waals surface area contributed by atoms with Gasteiger partial charge in [-0.25, -0.2) is 9.59 Å². The van der Waals surface area contributed by atoms with Crippen LogP contribution in [0.25, 0.3) is 0 Å². The lowest BCUT2D eigenvalue weighted by molar-refractivity contribution is -0.156. The van der Waals surface area contributed by atoms with E-state index in [1.807, 2.05) is 12.1 Å². The molecule has 1 atom stereocenters. The van der Waals surface area contributed by atoms with Gasteiger partial charge >= 0.3 is 11.9 Å². The number of ether oxygens (including phenoxy) is 2. The predicted octanol–water partition coefficient (Wildman–Crippen LogP) is 4.53. The topological polar surface area (TPSA) is 93.7 Å². The van der Waals surface area contributed by atoms with Gasteiger partial charge in [-0.2, -0.15) is 0 Å². The monoisotopic (exact) mass is 462 g/mol. The van der Waals surface area contributed by atoms with Crippen LogP contribution in [0.3, 0.4) is 0 Å². The van der Waals surface area contributed by atoms with Crippen molar-refractivity contribution < 1.29 is 23.9 Å². The first kappa shape index (κ1) is 23.5. The highest BCUT2D eigenvalue weighted by Gasteiger charge is 2.62. The van der Waals surface area contributed by atoms with Gasteiger partial charge in [-0.3, -0.25) is 4.79 Å². The Balaban J connectivity index is 1.95. The second kappa shape index (κ2) is 7.72. The average Bonchev–Trinajstić information content (AvgIpc) is 3.20. The number of hydrogen-bond donors (Lipinski definition) is 2. The fraction of sp³-hybridized carbons (Fsp3) is 0.370. The lowest BCUT2D eigenvalue weighted by Crippen LogP contribution is -2.39. The summed E-state index contributed by atoms with van der Waals surface area (Å²) in [7, 11) is 1.21. The second-order valence-corrected chi connectivity index (χ2v) is 10.7. The maximum absolute atomic E-state index is 13.2. The van der Waals surface area contributed by atoms with Crippen LogP contribution >= 0.6 is 0 Å². The second-order valence-electron chi connectivity index (χ2n) is 10.7. The molecule has 0 saturated heterocycles. The third kappa shape index (κ3) is 3.56. The van der Waals surface area contributed by atoms with E-state index in [1.165, 1.54) is 7.11 Å². The van der Waals surface area contributed by atoms with Crippen molar-refractivity contribution >= 4 is 29.2 Å². The molecule has 1 amide bonds. The molecule has 0 bridgehead atoms. The molecule has 2 aromatic rings. The first-order valence-corrected chi connectivity index (χ1v) is 11.2. The van der Waals surface area contributed by atoms with Gasteiger partial charge in [-0.15, -0.1) is 0 Å². The molecule has 7 nitrogen and oxygen atoms in total. The van der Waals surface area contributed by atoms with Crippen LogP contribution < -0.4 is 10.6 Å². The number of methoxy groups -OCH3 is 1. The highest BCUT2D eigenvalue weighted by atomic mass is 16.6. The molecular weight excluding hydrogens is 432 g/mol. The summed E-state index contributed by atoms with van der Waals surface area (Å²) in [6, 6.07) is 12.9. The predicted molar refractivity (Wildman–Crippen MR) is 129 cm³/mol. The number of anilines is 2. The van der Waals surface area contributed by atoms with Crippen LogP contribution in [0, 0.1) is 0 Å². The van der Waals surface area contributed by atoms with E-state index in [-0.39, 0.29) is 22.1 Å². The fourth-order valence-corrected chi connectivity index (χ4v) is 4.46. The number of hydrogen-bond acceptors (Lipinski definition) is 6. The lowest BCUT2D eigenvalue weighted by Gasteiger charge is -2.27. The van der Waals surface area contributed by atoms with E-state index < -0.39 is 23.4 Å². The smallest absolute Gasteiger partial charge is 0.357 e. The number of amides is 1. The highest BCUT2D eigenvalue weighted by molar-refractivity contribution is 6.19. The first-order chi connectivity index (χ1) is 15.8. The molecule has 178 valence electrons. The zero-order valence-corrected chi connectivity index (χ0v) is 20.6. The average molecular weight is 463 g/mol. The molecule has 1 spiro atoms. The Bertz CT molecular complexity index is 1250. The van der Waals surface area contributed by atoms with E-state index in [2.05, 4.69) is 58.2 Å². The number of benzene rings is 2. The van der Waals surface area contributed by atoms with Gasteiger partial charge in [-0.05, 0) is 34.1 Å². The Labute approximate surface area is 199 Å². The van der Waals surface area contributed by atoms with E-state index in [0.29, 0.717) is 16.9 Å². The minimum Gasteiger partial charge on any atom is -0.465 e. The van der Waals surface area contributed by atoms with Crippen LogP contribution in [-0.4, -0.2) is 25.0 Å². The van der Waals surface area contributed by atoms with Crippen LogP contribution in [0.5, 0.6) is 0 Å². The standard InChI is InChI=1S/C27H30N2O5/c1-25(2,3)15-12-13-16(26(4,5)6)19(14-15)28-21-20(22(30)33-7)27(34-23(21)31)17-10-8-9-11-18(17)29-24(27)32/h8-14,28H,1-7H3,(H,29,32). The molecule has 7 heteroatoms. The third-order valence-electron chi connectivity index (χ3n) is 6.27. The SMILES string of the molecule is COC(=O)C1=C(Nc2cc(C(C)(C)C)ccc2C(C)(C)C)C(=O)OC12C(=O)Nc1ccccc12. The quantitative estimate of drug-likeness (QED) is 0.651. The Kier molecular flexibility index (Phi) is 5.35. The molecule has 0 aliphatic carbocycles. The third-order valence-corrected chi connectivity index (χ3v) is 6.27. The minimum absolute atomic E-state index is 0.102. The van der Waals surface area contributed by atoms with Gasteiger partial charge in [0.1, 0.15) is 11.3 Å². The summed E-state index contributed by atoms with van der Waals surface area (Å²) in [5, 5.41) is 5.89. The molecular formula is C27H30N2O5. The zero-order chi connectivity index (χ0) is 25.1. The molecule has 0 saturated carbocycles. The van der Waals surface area contributed by atoms with Crippen molar-refractivity contribution in [1.82, 2.24) is 0 Å². The zero-order valence-electron chi connectivity index (χ0n) is 20.6. The molecule has 0 aromatic heterocycles. The molecule has 0 fully saturated rings. The van der Waals surface area contributed by atoms with Crippen molar-refractivity contribution in [2.75, 3.05) is 17.7 Å². The largest absolute Gasteiger partial charge is 0.465 e. The Morgan fingerprint density at radius 3 is 2.29 bits per heavy atom. The Morgan fingerprint density at radius 2 is 1.68 bits per heavy atom. The van der Waals surface area contributed by atoms with Crippen molar-refractivity contribution in [2.24, 2.45) is 0 Å². The van der Waals surface area contributed by atoms with E-state index in [1.54, 1.807) is 24.3 Å². The number of nitrogens with one attached hydrogen (secondary N) is 2. The number of esters is 2. The maximum Gasteiger partial charge on any atom is 0.357 e. The summed E-state index contributed by atoms with van der Waals surface area (Å²) in [4.78, 5) is 39.5. The summed E-state index contributed by atoms with van der Waals surface area (Å²) < 4.78 is 10.7. The number of para-hydroxylation sites is 1. The van der Waals surface area contributed by atoms with Crippen molar-refractivity contribution in [3.05, 3.63) is 70.4 Å². The van der Waals surface area contributed by atoms with Gasteiger partial charge in [-0.1, -0.05) is 71.9 Å². The van der Waals surface area contributed by atoms with Crippen molar-refractivity contribution in [2.45, 2.75) is 58.0 Å². The van der Waals surface area contributed by atoms with Gasteiger partial charge in [0.25, 0.3) is 11.5 Å². The summed E-state index contributed by atoms with van der Waals surface area (Å²) in [6.07, 6.45) is 0. The van der Waals surface area contributed by atoms with Crippen molar-refractivity contribution in [3.63, 3.8) is 0 Å². The maximum atomic E-state index is 13.2. The van der Waals surface area contributed by atoms with Gasteiger partial charge in [0, 0.05) is 16.9 Å². The van der Waals surface area contributed by atoms with Crippen LogP contribution in [0.15, 0.2) is 53.7 Å². The molecule has 2 aliphatic heterocycles. The first-order valence-electron chi connectivity index (χ1n) is 11.2. The molecule has 0 radical (unpaired) electrons. The van der Waals surface area contributed by atoms with E-state index in [9.17, 15) is 14.4 Å². The number of rotatable bonds is 3. The highest BCUT2D eigenvalue weighted by Crippen LogP contribution is 2.49. The van der Waals surface area contributed by atoms with Gasteiger partial charge in [0.2, 0.25) is 0 Å². The van der Waals surface area contributed by atoms with Crippen LogP contribution in [0.1, 0.15) is 58.2 Å². The van der Waals surface area contributed by atoms with Crippen LogP contribution in [-0.2, 0) is 40.3 Å². The molecule has 4 rings (SSSR count). The summed E-state index contributed by atoms with van der Waals surface area (Å²) >= 11 is 0. The normalized spacial score (nSPS) is 19.7. The molecule has 2 heterocycles. The fourth-order valence-electron chi connectivity index (χ4n) is 4.46. The van der Waals surface area contributed by atoms with E-state index in [0.717, 1.165) is 11.1 Å². The summed E-state index contributed by atoms with van der Waals surface area (Å²) in [5.74, 6) is -2.23. The number of fused-ring (bicyclic) bond motifs is 2. The Morgan fingerprint density at radius 1 is 1.00 bits per heavy atom. The van der Waals surface area contributed by atoms with Gasteiger partial charge < -0.3 is 20.1 Å². The molecule has 2 N–H and O–H groups in total. The summed E-state index contributed by atoms with van der Waals surface area (Å²) in [6.45, 7) is 12.5. The molecule has 2 aromatic carbocycles. The van der Waals surface area contributed by atoms with Crippen molar-refractivity contribution in [3.8, 4) is 0 Å². The van der Waals surface area contributed by atoms with Gasteiger partial charge in [0.05, 0.1) is 7.11 Å². The molecule has 2 aliphatic rings. The number of carbonyl (C=O) groups is 3. The Hall–Kier alpha value is -3.61. The van der Waals surface area contributed by atoms with E-state index >= 15 is 0 Å². The molecule has 1 unspecified atom stereocenters. The van der Waals surface area contributed by atoms with Crippen LogP contribution in [0.4, 0.5) is 11.4 Å². The van der Waals surface area contributed by atoms with E-state index in [4.69, 9.17) is 9.47 Å². The molecule has 34 heavy (non-hydrogen) atoms. The van der Waals surface area contributed by atoms with Gasteiger partial charge in [0.15, 0.2) is 0 Å². The number of carbonyl (C=O) groups excluding carboxylic acids is 3.